The minimum atomic E-state index is -0.503. The van der Waals surface area contributed by atoms with Crippen LogP contribution in [0.4, 0.5) is 0 Å². The first-order valence-corrected chi connectivity index (χ1v) is 6.25. The topological polar surface area (TPSA) is 81.4 Å². The van der Waals surface area contributed by atoms with E-state index in [2.05, 4.69) is 5.32 Å². The molecule has 0 heterocycles. The molecule has 98 valence electrons. The molecule has 5 nitrogen and oxygen atoms in total. The van der Waals surface area contributed by atoms with Crippen LogP contribution >= 0.6 is 0 Å². The largest absolute Gasteiger partial charge is 0.382 e. The molecule has 0 unspecified atom stereocenters. The van der Waals surface area contributed by atoms with Gasteiger partial charge in [-0.2, -0.15) is 0 Å². The Morgan fingerprint density at radius 3 is 2.53 bits per heavy atom. The first-order valence-electron chi connectivity index (χ1n) is 6.25. The Labute approximate surface area is 102 Å². The van der Waals surface area contributed by atoms with Crippen molar-refractivity contribution >= 4 is 11.8 Å². The van der Waals surface area contributed by atoms with Crippen LogP contribution in [0.1, 0.15) is 39.0 Å². The van der Waals surface area contributed by atoms with Crippen molar-refractivity contribution in [2.75, 3.05) is 19.8 Å². The SMILES string of the molecule is CCOCCC1(C(=O)NCC(N)=O)CCCC1. The second-order valence-electron chi connectivity index (χ2n) is 4.58. The molecule has 1 aliphatic carbocycles. The summed E-state index contributed by atoms with van der Waals surface area (Å²) in [6.07, 6.45) is 4.62. The Hall–Kier alpha value is -1.10. The van der Waals surface area contributed by atoms with Crippen LogP contribution in [0.5, 0.6) is 0 Å². The Morgan fingerprint density at radius 2 is 2.00 bits per heavy atom. The van der Waals surface area contributed by atoms with E-state index in [0.717, 1.165) is 32.1 Å². The van der Waals surface area contributed by atoms with Gasteiger partial charge in [0.05, 0.1) is 12.0 Å². The molecule has 0 aliphatic heterocycles. The average molecular weight is 242 g/mol. The number of primary amides is 1. The van der Waals surface area contributed by atoms with E-state index in [9.17, 15) is 9.59 Å². The van der Waals surface area contributed by atoms with Crippen molar-refractivity contribution in [3.63, 3.8) is 0 Å². The van der Waals surface area contributed by atoms with Gasteiger partial charge in [-0.3, -0.25) is 9.59 Å². The molecule has 17 heavy (non-hydrogen) atoms. The van der Waals surface area contributed by atoms with Crippen LogP contribution in [0, 0.1) is 5.41 Å². The van der Waals surface area contributed by atoms with Crippen molar-refractivity contribution in [2.24, 2.45) is 11.1 Å². The molecule has 1 rings (SSSR count). The lowest BCUT2D eigenvalue weighted by atomic mass is 9.82. The molecular formula is C12H22N2O3. The number of rotatable bonds is 7. The van der Waals surface area contributed by atoms with E-state index in [1.807, 2.05) is 6.92 Å². The second kappa shape index (κ2) is 6.59. The van der Waals surface area contributed by atoms with Crippen LogP contribution in [0.25, 0.3) is 0 Å². The van der Waals surface area contributed by atoms with Crippen LogP contribution in [-0.2, 0) is 14.3 Å². The lowest BCUT2D eigenvalue weighted by Crippen LogP contribution is -2.43. The summed E-state index contributed by atoms with van der Waals surface area (Å²) in [7, 11) is 0. The molecule has 1 fully saturated rings. The molecule has 5 heteroatoms. The zero-order chi connectivity index (χ0) is 12.7. The van der Waals surface area contributed by atoms with E-state index < -0.39 is 5.91 Å². The van der Waals surface area contributed by atoms with E-state index in [4.69, 9.17) is 10.5 Å². The van der Waals surface area contributed by atoms with Gasteiger partial charge in [0, 0.05) is 13.2 Å². The number of carbonyl (C=O) groups is 2. The normalized spacial score (nSPS) is 17.9. The van der Waals surface area contributed by atoms with E-state index in [1.54, 1.807) is 0 Å². The molecule has 0 saturated heterocycles. The van der Waals surface area contributed by atoms with Gasteiger partial charge in [0.15, 0.2) is 0 Å². The van der Waals surface area contributed by atoms with Crippen molar-refractivity contribution < 1.29 is 14.3 Å². The van der Waals surface area contributed by atoms with Gasteiger partial charge >= 0.3 is 0 Å². The summed E-state index contributed by atoms with van der Waals surface area (Å²) >= 11 is 0. The smallest absolute Gasteiger partial charge is 0.236 e. The predicted octanol–water partition coefficient (Wildman–Crippen LogP) is 0.575. The standard InChI is InChI=1S/C12H22N2O3/c1-2-17-8-7-12(5-3-4-6-12)11(16)14-9-10(13)15/h2-9H2,1H3,(H2,13,15)(H,14,16). The molecule has 1 saturated carbocycles. The number of hydrogen-bond acceptors (Lipinski definition) is 3. The van der Waals surface area contributed by atoms with Gasteiger partial charge in [-0.1, -0.05) is 12.8 Å². The number of carbonyl (C=O) groups excluding carboxylic acids is 2. The monoisotopic (exact) mass is 242 g/mol. The van der Waals surface area contributed by atoms with Crippen molar-refractivity contribution in [3.05, 3.63) is 0 Å². The fraction of sp³-hybridized carbons (Fsp3) is 0.833. The highest BCUT2D eigenvalue weighted by atomic mass is 16.5. The van der Waals surface area contributed by atoms with E-state index in [0.29, 0.717) is 13.2 Å². The summed E-state index contributed by atoms with van der Waals surface area (Å²) in [4.78, 5) is 22.8. The summed E-state index contributed by atoms with van der Waals surface area (Å²) in [6, 6.07) is 0. The molecule has 0 spiro atoms. The number of amides is 2. The predicted molar refractivity (Wildman–Crippen MR) is 64.2 cm³/mol. The van der Waals surface area contributed by atoms with Gasteiger partial charge < -0.3 is 15.8 Å². The van der Waals surface area contributed by atoms with Gasteiger partial charge in [0.2, 0.25) is 11.8 Å². The fourth-order valence-electron chi connectivity index (χ4n) is 2.41. The van der Waals surface area contributed by atoms with Gasteiger partial charge in [0.25, 0.3) is 0 Å². The molecule has 1 aliphatic rings. The minimum Gasteiger partial charge on any atom is -0.382 e. The maximum atomic E-state index is 12.1. The molecule has 0 bridgehead atoms. The van der Waals surface area contributed by atoms with Gasteiger partial charge in [-0.15, -0.1) is 0 Å². The number of nitrogens with one attached hydrogen (secondary N) is 1. The van der Waals surface area contributed by atoms with Gasteiger partial charge in [0.1, 0.15) is 0 Å². The third-order valence-electron chi connectivity index (χ3n) is 3.39. The van der Waals surface area contributed by atoms with Crippen molar-refractivity contribution in [1.82, 2.24) is 5.32 Å². The highest BCUT2D eigenvalue weighted by molar-refractivity contribution is 5.87. The van der Waals surface area contributed by atoms with Crippen molar-refractivity contribution in [3.8, 4) is 0 Å². The van der Waals surface area contributed by atoms with Crippen LogP contribution < -0.4 is 11.1 Å². The highest BCUT2D eigenvalue weighted by Gasteiger charge is 2.40. The highest BCUT2D eigenvalue weighted by Crippen LogP contribution is 2.41. The van der Waals surface area contributed by atoms with Gasteiger partial charge in [-0.25, -0.2) is 0 Å². The van der Waals surface area contributed by atoms with Gasteiger partial charge in [-0.05, 0) is 26.2 Å². The Balaban J connectivity index is 2.51. The second-order valence-corrected chi connectivity index (χ2v) is 4.58. The van der Waals surface area contributed by atoms with E-state index in [1.165, 1.54) is 0 Å². The molecule has 3 N–H and O–H groups in total. The van der Waals surface area contributed by atoms with Crippen LogP contribution in [0.2, 0.25) is 0 Å². The maximum absolute atomic E-state index is 12.1. The lowest BCUT2D eigenvalue weighted by molar-refractivity contribution is -0.133. The zero-order valence-electron chi connectivity index (χ0n) is 10.5. The van der Waals surface area contributed by atoms with Crippen molar-refractivity contribution in [1.29, 1.82) is 0 Å². The summed E-state index contributed by atoms with van der Waals surface area (Å²) < 4.78 is 5.32. The van der Waals surface area contributed by atoms with E-state index in [-0.39, 0.29) is 17.9 Å². The Morgan fingerprint density at radius 1 is 1.35 bits per heavy atom. The van der Waals surface area contributed by atoms with Crippen LogP contribution in [0.15, 0.2) is 0 Å². The molecule has 0 atom stereocenters. The zero-order valence-corrected chi connectivity index (χ0v) is 10.5. The average Bonchev–Trinajstić information content (AvgIpc) is 2.76. The minimum absolute atomic E-state index is 0.0477. The molecule has 0 aromatic heterocycles. The first kappa shape index (κ1) is 14.0. The quantitative estimate of drug-likeness (QED) is 0.640. The Bertz CT molecular complexity index is 273. The molecule has 0 radical (unpaired) electrons. The first-order chi connectivity index (χ1) is 8.10. The molecule has 0 aromatic rings. The number of hydrogen-bond donors (Lipinski definition) is 2. The lowest BCUT2D eigenvalue weighted by Gasteiger charge is -2.27. The molecular weight excluding hydrogens is 220 g/mol. The number of ether oxygens (including phenoxy) is 1. The fourth-order valence-corrected chi connectivity index (χ4v) is 2.41. The third-order valence-corrected chi connectivity index (χ3v) is 3.39. The summed E-state index contributed by atoms with van der Waals surface area (Å²) in [6.45, 7) is 3.13. The van der Waals surface area contributed by atoms with E-state index >= 15 is 0 Å². The summed E-state index contributed by atoms with van der Waals surface area (Å²) in [5.74, 6) is -0.551. The summed E-state index contributed by atoms with van der Waals surface area (Å²) in [5.41, 5.74) is 4.68. The Kier molecular flexibility index (Phi) is 5.41. The molecule has 0 aromatic carbocycles. The summed E-state index contributed by atoms with van der Waals surface area (Å²) in [5, 5.41) is 2.62. The molecule has 2 amide bonds. The van der Waals surface area contributed by atoms with Crippen molar-refractivity contribution in [2.45, 2.75) is 39.0 Å². The maximum Gasteiger partial charge on any atom is 0.236 e. The third kappa shape index (κ3) is 4.00. The van der Waals surface area contributed by atoms with Crippen LogP contribution in [0.3, 0.4) is 0 Å². The van der Waals surface area contributed by atoms with Crippen LogP contribution in [-0.4, -0.2) is 31.6 Å². The number of nitrogens with two attached hydrogens (primary N) is 1.